The molecule has 1 aromatic carbocycles. The minimum Gasteiger partial charge on any atom is -0.465 e. The summed E-state index contributed by atoms with van der Waals surface area (Å²) >= 11 is 0. The fraction of sp³-hybridized carbons (Fsp3) is 0.333. The first-order chi connectivity index (χ1) is 14.0. The SMILES string of the molecule is CCN1CCN(C(=O)c2ccnc(C(=O)Nc3ccc(C(=O)OC)cc3)c2)CC1. The van der Waals surface area contributed by atoms with Gasteiger partial charge in [-0.1, -0.05) is 6.92 Å². The van der Waals surface area contributed by atoms with Crippen LogP contribution in [0.5, 0.6) is 0 Å². The fourth-order valence-corrected chi connectivity index (χ4v) is 3.14. The summed E-state index contributed by atoms with van der Waals surface area (Å²) in [4.78, 5) is 44.9. The molecule has 8 nitrogen and oxygen atoms in total. The highest BCUT2D eigenvalue weighted by Gasteiger charge is 2.22. The van der Waals surface area contributed by atoms with Gasteiger partial charge in [0, 0.05) is 43.6 Å². The molecule has 2 aromatic rings. The second kappa shape index (κ2) is 9.29. The Labute approximate surface area is 169 Å². The van der Waals surface area contributed by atoms with Crippen molar-refractivity contribution in [1.29, 1.82) is 0 Å². The van der Waals surface area contributed by atoms with E-state index < -0.39 is 11.9 Å². The van der Waals surface area contributed by atoms with Crippen LogP contribution in [0.4, 0.5) is 5.69 Å². The summed E-state index contributed by atoms with van der Waals surface area (Å²) in [5, 5.41) is 2.72. The van der Waals surface area contributed by atoms with Crippen molar-refractivity contribution in [2.45, 2.75) is 6.92 Å². The van der Waals surface area contributed by atoms with Crippen molar-refractivity contribution in [2.75, 3.05) is 45.2 Å². The summed E-state index contributed by atoms with van der Waals surface area (Å²) in [5.41, 5.74) is 1.49. The molecular weight excluding hydrogens is 372 g/mol. The van der Waals surface area contributed by atoms with E-state index in [1.807, 2.05) is 0 Å². The van der Waals surface area contributed by atoms with Crippen LogP contribution in [0.2, 0.25) is 0 Å². The number of likely N-dealkylation sites (N-methyl/N-ethyl adjacent to an activating group) is 1. The van der Waals surface area contributed by atoms with E-state index in [0.29, 0.717) is 29.9 Å². The molecule has 1 N–H and O–H groups in total. The highest BCUT2D eigenvalue weighted by molar-refractivity contribution is 6.05. The average Bonchev–Trinajstić information content (AvgIpc) is 2.78. The third kappa shape index (κ3) is 4.97. The monoisotopic (exact) mass is 396 g/mol. The van der Waals surface area contributed by atoms with Gasteiger partial charge in [0.25, 0.3) is 11.8 Å². The number of rotatable bonds is 5. The third-order valence-electron chi connectivity index (χ3n) is 4.91. The molecule has 2 amide bonds. The van der Waals surface area contributed by atoms with E-state index in [9.17, 15) is 14.4 Å². The molecule has 0 radical (unpaired) electrons. The molecule has 0 spiro atoms. The van der Waals surface area contributed by atoms with Crippen LogP contribution in [-0.2, 0) is 4.74 Å². The topological polar surface area (TPSA) is 91.8 Å². The Morgan fingerprint density at radius 1 is 1.03 bits per heavy atom. The number of aromatic nitrogens is 1. The number of methoxy groups -OCH3 is 1. The lowest BCUT2D eigenvalue weighted by molar-refractivity contribution is 0.0599. The van der Waals surface area contributed by atoms with Gasteiger partial charge in [-0.25, -0.2) is 4.79 Å². The van der Waals surface area contributed by atoms with Crippen LogP contribution in [-0.4, -0.2) is 72.4 Å². The van der Waals surface area contributed by atoms with Crippen LogP contribution >= 0.6 is 0 Å². The zero-order valence-corrected chi connectivity index (χ0v) is 16.6. The number of nitrogens with one attached hydrogen (secondary N) is 1. The molecular formula is C21H24N4O4. The lowest BCUT2D eigenvalue weighted by Gasteiger charge is -2.34. The van der Waals surface area contributed by atoms with Crippen molar-refractivity contribution in [2.24, 2.45) is 0 Å². The summed E-state index contributed by atoms with van der Waals surface area (Å²) in [6.07, 6.45) is 1.46. The number of carbonyl (C=O) groups is 3. The maximum Gasteiger partial charge on any atom is 0.337 e. The number of pyridine rings is 1. The molecule has 0 unspecified atom stereocenters. The first-order valence-electron chi connectivity index (χ1n) is 9.49. The number of benzene rings is 1. The quantitative estimate of drug-likeness (QED) is 0.776. The van der Waals surface area contributed by atoms with Crippen molar-refractivity contribution in [3.8, 4) is 0 Å². The number of carbonyl (C=O) groups excluding carboxylic acids is 3. The molecule has 0 atom stereocenters. The summed E-state index contributed by atoms with van der Waals surface area (Å²) < 4.78 is 4.65. The number of anilines is 1. The van der Waals surface area contributed by atoms with Gasteiger partial charge in [-0.15, -0.1) is 0 Å². The van der Waals surface area contributed by atoms with Crippen LogP contribution in [0.3, 0.4) is 0 Å². The molecule has 3 rings (SSSR count). The number of hydrogen-bond acceptors (Lipinski definition) is 6. The van der Waals surface area contributed by atoms with E-state index in [1.54, 1.807) is 35.2 Å². The van der Waals surface area contributed by atoms with Gasteiger partial charge >= 0.3 is 5.97 Å². The van der Waals surface area contributed by atoms with Gasteiger partial charge in [-0.05, 0) is 42.9 Å². The van der Waals surface area contributed by atoms with Gasteiger partial charge < -0.3 is 19.9 Å². The molecule has 8 heteroatoms. The van der Waals surface area contributed by atoms with Crippen LogP contribution < -0.4 is 5.32 Å². The third-order valence-corrected chi connectivity index (χ3v) is 4.91. The maximum absolute atomic E-state index is 12.8. The highest BCUT2D eigenvalue weighted by Crippen LogP contribution is 2.13. The van der Waals surface area contributed by atoms with E-state index in [-0.39, 0.29) is 11.6 Å². The van der Waals surface area contributed by atoms with Gasteiger partial charge in [-0.2, -0.15) is 0 Å². The Morgan fingerprint density at radius 3 is 2.34 bits per heavy atom. The van der Waals surface area contributed by atoms with Crippen molar-refractivity contribution in [1.82, 2.24) is 14.8 Å². The van der Waals surface area contributed by atoms with E-state index in [4.69, 9.17) is 0 Å². The van der Waals surface area contributed by atoms with E-state index in [1.165, 1.54) is 19.4 Å². The molecule has 1 saturated heterocycles. The Hall–Kier alpha value is -3.26. The van der Waals surface area contributed by atoms with E-state index in [0.717, 1.165) is 19.6 Å². The number of piperazine rings is 1. The van der Waals surface area contributed by atoms with Gasteiger partial charge in [0.15, 0.2) is 0 Å². The number of nitrogens with zero attached hydrogens (tertiary/aromatic N) is 3. The zero-order valence-electron chi connectivity index (χ0n) is 16.6. The lowest BCUT2D eigenvalue weighted by Crippen LogP contribution is -2.48. The lowest BCUT2D eigenvalue weighted by atomic mass is 10.1. The minimum absolute atomic E-state index is 0.0976. The van der Waals surface area contributed by atoms with Crippen LogP contribution in [0.1, 0.15) is 38.1 Å². The molecule has 1 aliphatic rings. The van der Waals surface area contributed by atoms with E-state index in [2.05, 4.69) is 26.9 Å². The van der Waals surface area contributed by atoms with Crippen molar-refractivity contribution < 1.29 is 19.1 Å². The first kappa shape index (κ1) is 20.5. The number of amides is 2. The predicted octanol–water partition coefficient (Wildman–Crippen LogP) is 1.90. The number of ether oxygens (including phenoxy) is 1. The van der Waals surface area contributed by atoms with Crippen molar-refractivity contribution in [3.05, 3.63) is 59.4 Å². The molecule has 0 aliphatic carbocycles. The predicted molar refractivity (Wildman–Crippen MR) is 108 cm³/mol. The van der Waals surface area contributed by atoms with Gasteiger partial charge in [0.2, 0.25) is 0 Å². The fourth-order valence-electron chi connectivity index (χ4n) is 3.14. The second-order valence-electron chi connectivity index (χ2n) is 6.68. The summed E-state index contributed by atoms with van der Waals surface area (Å²) in [6.45, 7) is 6.12. The molecule has 0 saturated carbocycles. The molecule has 152 valence electrons. The molecule has 1 aromatic heterocycles. The largest absolute Gasteiger partial charge is 0.465 e. The maximum atomic E-state index is 12.8. The first-order valence-corrected chi connectivity index (χ1v) is 9.49. The second-order valence-corrected chi connectivity index (χ2v) is 6.68. The van der Waals surface area contributed by atoms with Gasteiger partial charge in [-0.3, -0.25) is 14.6 Å². The number of hydrogen-bond donors (Lipinski definition) is 1. The Bertz CT molecular complexity index is 890. The molecule has 1 fully saturated rings. The Balaban J connectivity index is 1.66. The molecule has 0 bridgehead atoms. The van der Waals surface area contributed by atoms with Crippen LogP contribution in [0.15, 0.2) is 42.6 Å². The highest BCUT2D eigenvalue weighted by atomic mass is 16.5. The summed E-state index contributed by atoms with van der Waals surface area (Å²) in [7, 11) is 1.31. The van der Waals surface area contributed by atoms with Crippen molar-refractivity contribution >= 4 is 23.5 Å². The molecule has 2 heterocycles. The smallest absolute Gasteiger partial charge is 0.337 e. The zero-order chi connectivity index (χ0) is 20.8. The van der Waals surface area contributed by atoms with Gasteiger partial charge in [0.05, 0.1) is 12.7 Å². The van der Waals surface area contributed by atoms with Crippen LogP contribution in [0, 0.1) is 0 Å². The minimum atomic E-state index is -0.449. The standard InChI is InChI=1S/C21H24N4O4/c1-3-24-10-12-25(13-11-24)20(27)16-8-9-22-18(14-16)19(26)23-17-6-4-15(5-7-17)21(28)29-2/h4-9,14H,3,10-13H2,1-2H3,(H,23,26). The Kier molecular flexibility index (Phi) is 6.56. The molecule has 29 heavy (non-hydrogen) atoms. The van der Waals surface area contributed by atoms with E-state index >= 15 is 0 Å². The summed E-state index contributed by atoms with van der Waals surface area (Å²) in [6, 6.07) is 9.46. The van der Waals surface area contributed by atoms with Crippen LogP contribution in [0.25, 0.3) is 0 Å². The average molecular weight is 396 g/mol. The normalized spacial score (nSPS) is 14.3. The van der Waals surface area contributed by atoms with Crippen molar-refractivity contribution in [3.63, 3.8) is 0 Å². The van der Waals surface area contributed by atoms with Gasteiger partial charge in [0.1, 0.15) is 5.69 Å². The molecule has 1 aliphatic heterocycles. The summed E-state index contributed by atoms with van der Waals surface area (Å²) in [5.74, 6) is -0.976. The Morgan fingerprint density at radius 2 is 1.72 bits per heavy atom. The number of esters is 1.